The number of likely N-dealkylation sites (N-methyl/N-ethyl adjacent to an activating group) is 1. The van der Waals surface area contributed by atoms with Crippen molar-refractivity contribution in [1.82, 2.24) is 20.3 Å². The molecular weight excluding hydrogens is 320 g/mol. The SMILES string of the molecule is CC(C)C1C=C(CNc2nc(N)cc(OC3CCCN(C)C3)n2)ON1. The summed E-state index contributed by atoms with van der Waals surface area (Å²) in [5.74, 6) is 2.62. The molecule has 2 aliphatic heterocycles. The van der Waals surface area contributed by atoms with E-state index in [9.17, 15) is 0 Å². The minimum Gasteiger partial charge on any atom is -0.473 e. The van der Waals surface area contributed by atoms with E-state index in [1.54, 1.807) is 6.07 Å². The molecule has 2 atom stereocenters. The molecule has 2 unspecified atom stereocenters. The predicted molar refractivity (Wildman–Crippen MR) is 97.0 cm³/mol. The number of rotatable bonds is 6. The first-order valence-corrected chi connectivity index (χ1v) is 8.86. The standard InChI is InChI=1S/C17H28N6O2/c1-11(2)14-7-13(25-22-14)9-19-17-20-15(18)8-16(21-17)24-12-5-4-6-23(3)10-12/h7-8,11-12,14,22H,4-6,9-10H2,1-3H3,(H3,18,19,20,21). The summed E-state index contributed by atoms with van der Waals surface area (Å²) in [6, 6.07) is 1.89. The molecule has 1 aromatic rings. The zero-order chi connectivity index (χ0) is 17.8. The van der Waals surface area contributed by atoms with Gasteiger partial charge in [-0.1, -0.05) is 13.8 Å². The van der Waals surface area contributed by atoms with E-state index in [-0.39, 0.29) is 12.1 Å². The van der Waals surface area contributed by atoms with Crippen molar-refractivity contribution in [3.05, 3.63) is 17.9 Å². The van der Waals surface area contributed by atoms with Crippen LogP contribution >= 0.6 is 0 Å². The summed E-state index contributed by atoms with van der Waals surface area (Å²) < 4.78 is 6.00. The molecule has 8 heteroatoms. The first-order chi connectivity index (χ1) is 12.0. The van der Waals surface area contributed by atoms with Crippen LogP contribution in [0.1, 0.15) is 26.7 Å². The van der Waals surface area contributed by atoms with Gasteiger partial charge in [0.05, 0.1) is 12.6 Å². The van der Waals surface area contributed by atoms with Gasteiger partial charge < -0.3 is 25.5 Å². The summed E-state index contributed by atoms with van der Waals surface area (Å²) in [6.07, 6.45) is 4.36. The lowest BCUT2D eigenvalue weighted by atomic mass is 10.1. The van der Waals surface area contributed by atoms with E-state index < -0.39 is 0 Å². The summed E-state index contributed by atoms with van der Waals surface area (Å²) in [6.45, 7) is 6.78. The lowest BCUT2D eigenvalue weighted by Crippen LogP contribution is -2.38. The Morgan fingerprint density at radius 1 is 1.48 bits per heavy atom. The van der Waals surface area contributed by atoms with Gasteiger partial charge in [0.25, 0.3) is 0 Å². The summed E-state index contributed by atoms with van der Waals surface area (Å²) in [5, 5.41) is 3.15. The van der Waals surface area contributed by atoms with Crippen molar-refractivity contribution in [3.63, 3.8) is 0 Å². The van der Waals surface area contributed by atoms with Crippen molar-refractivity contribution in [2.75, 3.05) is 37.7 Å². The van der Waals surface area contributed by atoms with Crippen LogP contribution < -0.4 is 21.3 Å². The monoisotopic (exact) mass is 348 g/mol. The normalized spacial score (nSPS) is 24.1. The number of nitrogen functional groups attached to an aromatic ring is 1. The molecule has 0 aliphatic carbocycles. The minimum absolute atomic E-state index is 0.137. The molecule has 0 radical (unpaired) electrons. The van der Waals surface area contributed by atoms with Gasteiger partial charge in [-0.3, -0.25) is 0 Å². The molecule has 25 heavy (non-hydrogen) atoms. The highest BCUT2D eigenvalue weighted by Crippen LogP contribution is 2.20. The van der Waals surface area contributed by atoms with Gasteiger partial charge in [-0.2, -0.15) is 9.97 Å². The summed E-state index contributed by atoms with van der Waals surface area (Å²) in [7, 11) is 2.10. The highest BCUT2D eigenvalue weighted by Gasteiger charge is 2.21. The van der Waals surface area contributed by atoms with Gasteiger partial charge in [-0.05, 0) is 38.4 Å². The van der Waals surface area contributed by atoms with Gasteiger partial charge >= 0.3 is 0 Å². The second kappa shape index (κ2) is 7.88. The number of aromatic nitrogens is 2. The van der Waals surface area contributed by atoms with Crippen LogP contribution in [0.2, 0.25) is 0 Å². The summed E-state index contributed by atoms with van der Waals surface area (Å²) in [4.78, 5) is 16.4. The third-order valence-electron chi connectivity index (χ3n) is 4.42. The number of piperidine rings is 1. The fraction of sp³-hybridized carbons (Fsp3) is 0.647. The van der Waals surface area contributed by atoms with Crippen molar-refractivity contribution >= 4 is 11.8 Å². The molecule has 8 nitrogen and oxygen atoms in total. The molecule has 3 heterocycles. The molecule has 1 aromatic heterocycles. The smallest absolute Gasteiger partial charge is 0.228 e. The molecule has 0 aromatic carbocycles. The molecule has 138 valence electrons. The van der Waals surface area contributed by atoms with Crippen molar-refractivity contribution in [2.24, 2.45) is 5.92 Å². The average molecular weight is 348 g/mol. The van der Waals surface area contributed by atoms with Crippen LogP contribution in [-0.2, 0) is 4.84 Å². The topological polar surface area (TPSA) is 97.6 Å². The van der Waals surface area contributed by atoms with Crippen LogP contribution in [0, 0.1) is 5.92 Å². The number of nitrogens with two attached hydrogens (primary N) is 1. The molecule has 1 saturated heterocycles. The molecular formula is C17H28N6O2. The van der Waals surface area contributed by atoms with E-state index in [0.29, 0.717) is 30.1 Å². The third kappa shape index (κ3) is 4.96. The van der Waals surface area contributed by atoms with Crippen molar-refractivity contribution in [2.45, 2.75) is 38.8 Å². The zero-order valence-electron chi connectivity index (χ0n) is 15.2. The number of hydrogen-bond donors (Lipinski definition) is 3. The number of nitrogens with one attached hydrogen (secondary N) is 2. The third-order valence-corrected chi connectivity index (χ3v) is 4.42. The Bertz CT molecular complexity index is 621. The van der Waals surface area contributed by atoms with Crippen LogP contribution in [-0.4, -0.2) is 53.7 Å². The van der Waals surface area contributed by atoms with Crippen molar-refractivity contribution in [1.29, 1.82) is 0 Å². The maximum Gasteiger partial charge on any atom is 0.228 e. The van der Waals surface area contributed by atoms with E-state index in [0.717, 1.165) is 31.7 Å². The van der Waals surface area contributed by atoms with Crippen LogP contribution in [0.15, 0.2) is 17.9 Å². The number of anilines is 2. The van der Waals surface area contributed by atoms with E-state index >= 15 is 0 Å². The highest BCUT2D eigenvalue weighted by molar-refractivity contribution is 5.41. The number of hydrogen-bond acceptors (Lipinski definition) is 8. The molecule has 0 saturated carbocycles. The zero-order valence-corrected chi connectivity index (χ0v) is 15.2. The first kappa shape index (κ1) is 17.8. The van der Waals surface area contributed by atoms with Crippen LogP contribution in [0.25, 0.3) is 0 Å². The molecule has 3 rings (SSSR count). The fourth-order valence-corrected chi connectivity index (χ4v) is 2.97. The van der Waals surface area contributed by atoms with Crippen LogP contribution in [0.3, 0.4) is 0 Å². The van der Waals surface area contributed by atoms with E-state index in [1.165, 1.54) is 0 Å². The molecule has 0 bridgehead atoms. The second-order valence-corrected chi connectivity index (χ2v) is 7.08. The largest absolute Gasteiger partial charge is 0.473 e. The Balaban J connectivity index is 1.59. The van der Waals surface area contributed by atoms with Crippen molar-refractivity contribution in [3.8, 4) is 5.88 Å². The average Bonchev–Trinajstić information content (AvgIpc) is 3.02. The van der Waals surface area contributed by atoms with Gasteiger partial charge in [0, 0.05) is 12.6 Å². The number of ether oxygens (including phenoxy) is 1. The first-order valence-electron chi connectivity index (χ1n) is 8.86. The Hall–Kier alpha value is -2.06. The van der Waals surface area contributed by atoms with Gasteiger partial charge in [-0.25, -0.2) is 0 Å². The Morgan fingerprint density at radius 2 is 2.32 bits per heavy atom. The minimum atomic E-state index is 0.137. The van der Waals surface area contributed by atoms with Gasteiger partial charge in [0.2, 0.25) is 11.8 Å². The Labute approximate surface area is 148 Å². The Morgan fingerprint density at radius 3 is 3.04 bits per heavy atom. The lowest BCUT2D eigenvalue weighted by Gasteiger charge is -2.29. The van der Waals surface area contributed by atoms with E-state index in [4.69, 9.17) is 15.3 Å². The summed E-state index contributed by atoms with van der Waals surface area (Å²) in [5.41, 5.74) is 8.89. The van der Waals surface area contributed by atoms with Gasteiger partial charge in [0.1, 0.15) is 17.7 Å². The molecule has 0 amide bonds. The molecule has 4 N–H and O–H groups in total. The van der Waals surface area contributed by atoms with E-state index in [2.05, 4.69) is 52.6 Å². The van der Waals surface area contributed by atoms with E-state index in [1.807, 2.05) is 0 Å². The molecule has 1 fully saturated rings. The Kier molecular flexibility index (Phi) is 5.60. The van der Waals surface area contributed by atoms with Gasteiger partial charge in [-0.15, -0.1) is 5.48 Å². The maximum atomic E-state index is 6.00. The highest BCUT2D eigenvalue weighted by atomic mass is 16.7. The number of hydroxylamine groups is 1. The second-order valence-electron chi connectivity index (χ2n) is 7.08. The van der Waals surface area contributed by atoms with Crippen LogP contribution in [0.5, 0.6) is 5.88 Å². The van der Waals surface area contributed by atoms with Gasteiger partial charge in [0.15, 0.2) is 0 Å². The maximum absolute atomic E-state index is 6.00. The lowest BCUT2D eigenvalue weighted by molar-refractivity contribution is 0.0999. The van der Waals surface area contributed by atoms with Crippen molar-refractivity contribution < 1.29 is 9.57 Å². The quantitative estimate of drug-likeness (QED) is 0.709. The number of nitrogens with zero attached hydrogens (tertiary/aromatic N) is 3. The fourth-order valence-electron chi connectivity index (χ4n) is 2.97. The van der Waals surface area contributed by atoms with Crippen LogP contribution in [0.4, 0.5) is 11.8 Å². The summed E-state index contributed by atoms with van der Waals surface area (Å²) >= 11 is 0. The predicted octanol–water partition coefficient (Wildman–Crippen LogP) is 1.39. The molecule has 2 aliphatic rings. The molecule has 0 spiro atoms. The number of likely N-dealkylation sites (tertiary alicyclic amines) is 1.